The third-order valence-electron chi connectivity index (χ3n) is 2.78. The number of aryl methyl sites for hydroxylation is 2. The Morgan fingerprint density at radius 2 is 1.84 bits per heavy atom. The van der Waals surface area contributed by atoms with Crippen LogP contribution in [0.25, 0.3) is 0 Å². The first-order valence-corrected chi connectivity index (χ1v) is 7.02. The largest absolute Gasteiger partial charge is 0.480 e. The van der Waals surface area contributed by atoms with Crippen molar-refractivity contribution < 1.29 is 14.7 Å². The highest BCUT2D eigenvalue weighted by Gasteiger charge is 2.21. The van der Waals surface area contributed by atoms with Crippen molar-refractivity contribution in [2.24, 2.45) is 0 Å². The molecule has 1 amide bonds. The van der Waals surface area contributed by atoms with Crippen LogP contribution in [0.5, 0.6) is 0 Å². The molecule has 19 heavy (non-hydrogen) atoms. The third kappa shape index (κ3) is 4.59. The van der Waals surface area contributed by atoms with Crippen molar-refractivity contribution in [1.82, 2.24) is 0 Å². The summed E-state index contributed by atoms with van der Waals surface area (Å²) in [5, 5.41) is 10.7. The Labute approximate surface area is 117 Å². The van der Waals surface area contributed by atoms with Crippen molar-refractivity contribution in [2.75, 3.05) is 5.32 Å². The second-order valence-electron chi connectivity index (χ2n) is 4.57. The van der Waals surface area contributed by atoms with Gasteiger partial charge in [-0.3, -0.25) is 9.59 Å². The van der Waals surface area contributed by atoms with E-state index in [4.69, 9.17) is 5.11 Å². The van der Waals surface area contributed by atoms with E-state index in [1.165, 1.54) is 0 Å². The summed E-state index contributed by atoms with van der Waals surface area (Å²) < 4.78 is 0. The summed E-state index contributed by atoms with van der Waals surface area (Å²) in [6.07, 6.45) is 0. The Hall–Kier alpha value is -1.49. The van der Waals surface area contributed by atoms with Gasteiger partial charge < -0.3 is 10.4 Å². The van der Waals surface area contributed by atoms with Crippen molar-refractivity contribution in [1.29, 1.82) is 0 Å². The summed E-state index contributed by atoms with van der Waals surface area (Å²) in [4.78, 5) is 22.8. The number of carboxylic acids is 1. The van der Waals surface area contributed by atoms with Crippen LogP contribution in [0, 0.1) is 13.8 Å². The first kappa shape index (κ1) is 15.6. The fourth-order valence-corrected chi connectivity index (χ4v) is 2.44. The summed E-state index contributed by atoms with van der Waals surface area (Å²) >= 11 is 1.13. The molecule has 4 nitrogen and oxygen atoms in total. The van der Waals surface area contributed by atoms with E-state index in [9.17, 15) is 9.59 Å². The van der Waals surface area contributed by atoms with Crippen LogP contribution in [0.1, 0.15) is 25.0 Å². The van der Waals surface area contributed by atoms with E-state index in [1.807, 2.05) is 32.0 Å². The zero-order valence-electron chi connectivity index (χ0n) is 11.6. The lowest BCUT2D eigenvalue weighted by atomic mass is 10.1. The molecule has 2 unspecified atom stereocenters. The number of carbonyl (C=O) groups excluding carboxylic acids is 1. The van der Waals surface area contributed by atoms with Gasteiger partial charge in [-0.05, 0) is 44.9 Å². The Morgan fingerprint density at radius 3 is 2.42 bits per heavy atom. The maximum absolute atomic E-state index is 12.0. The maximum atomic E-state index is 12.0. The Bertz CT molecular complexity index is 488. The van der Waals surface area contributed by atoms with E-state index in [-0.39, 0.29) is 5.91 Å². The third-order valence-corrected chi connectivity index (χ3v) is 4.01. The predicted octanol–water partition coefficient (Wildman–Crippen LogP) is 2.84. The van der Waals surface area contributed by atoms with E-state index in [1.54, 1.807) is 13.8 Å². The predicted molar refractivity (Wildman–Crippen MR) is 78.7 cm³/mol. The fourth-order valence-electron chi connectivity index (χ4n) is 1.53. The normalized spacial score (nSPS) is 13.7. The number of thioether (sulfide) groups is 1. The van der Waals surface area contributed by atoms with Gasteiger partial charge in [0.25, 0.3) is 0 Å². The molecular formula is C14H19NO3S. The van der Waals surface area contributed by atoms with Crippen LogP contribution in [0.15, 0.2) is 18.2 Å². The average Bonchev–Trinajstić information content (AvgIpc) is 2.33. The molecule has 0 saturated carbocycles. The Balaban J connectivity index is 2.68. The molecule has 1 aromatic rings. The lowest BCUT2D eigenvalue weighted by Gasteiger charge is -2.15. The molecule has 104 valence electrons. The molecule has 0 saturated heterocycles. The number of hydrogen-bond donors (Lipinski definition) is 2. The molecule has 0 heterocycles. The molecule has 0 bridgehead atoms. The highest BCUT2D eigenvalue weighted by atomic mass is 32.2. The molecule has 2 N–H and O–H groups in total. The second-order valence-corrected chi connectivity index (χ2v) is 6.25. The molecule has 0 aliphatic carbocycles. The van der Waals surface area contributed by atoms with Gasteiger partial charge in [-0.15, -0.1) is 11.8 Å². The minimum Gasteiger partial charge on any atom is -0.480 e. The molecular weight excluding hydrogens is 262 g/mol. The van der Waals surface area contributed by atoms with Gasteiger partial charge in [0.2, 0.25) is 5.91 Å². The molecule has 1 rings (SSSR count). The van der Waals surface area contributed by atoms with Crippen molar-refractivity contribution in [3.8, 4) is 0 Å². The van der Waals surface area contributed by atoms with E-state index in [2.05, 4.69) is 5.32 Å². The molecule has 0 spiro atoms. The average molecular weight is 281 g/mol. The van der Waals surface area contributed by atoms with Crippen LogP contribution in [0.3, 0.4) is 0 Å². The molecule has 1 aromatic carbocycles. The number of hydrogen-bond acceptors (Lipinski definition) is 3. The number of aliphatic carboxylic acids is 1. The van der Waals surface area contributed by atoms with Crippen molar-refractivity contribution in [3.63, 3.8) is 0 Å². The minimum absolute atomic E-state index is 0.174. The van der Waals surface area contributed by atoms with Gasteiger partial charge in [-0.1, -0.05) is 12.1 Å². The molecule has 0 radical (unpaired) electrons. The van der Waals surface area contributed by atoms with Crippen LogP contribution in [-0.4, -0.2) is 27.5 Å². The SMILES string of the molecule is Cc1ccc(C)c(NC(=O)C(C)SC(C)C(=O)O)c1. The number of carboxylic acid groups (broad SMARTS) is 1. The van der Waals surface area contributed by atoms with Gasteiger partial charge in [-0.25, -0.2) is 0 Å². The lowest BCUT2D eigenvalue weighted by molar-refractivity contribution is -0.136. The number of carbonyl (C=O) groups is 2. The summed E-state index contributed by atoms with van der Waals surface area (Å²) in [6.45, 7) is 7.17. The van der Waals surface area contributed by atoms with Crippen LogP contribution in [0.4, 0.5) is 5.69 Å². The summed E-state index contributed by atoms with van der Waals surface area (Å²) in [7, 11) is 0. The molecule has 0 aromatic heterocycles. The van der Waals surface area contributed by atoms with E-state index >= 15 is 0 Å². The number of nitrogens with one attached hydrogen (secondary N) is 1. The number of amides is 1. The van der Waals surface area contributed by atoms with Gasteiger partial charge in [0.05, 0.1) is 5.25 Å². The summed E-state index contributed by atoms with van der Waals surface area (Å²) in [5.41, 5.74) is 2.84. The van der Waals surface area contributed by atoms with Crippen molar-refractivity contribution in [2.45, 2.75) is 38.2 Å². The van der Waals surface area contributed by atoms with Gasteiger partial charge in [-0.2, -0.15) is 0 Å². The highest BCUT2D eigenvalue weighted by Crippen LogP contribution is 2.21. The number of rotatable bonds is 5. The maximum Gasteiger partial charge on any atom is 0.316 e. The lowest BCUT2D eigenvalue weighted by Crippen LogP contribution is -2.26. The fraction of sp³-hybridized carbons (Fsp3) is 0.429. The topological polar surface area (TPSA) is 66.4 Å². The van der Waals surface area contributed by atoms with Crippen LogP contribution in [0.2, 0.25) is 0 Å². The first-order chi connectivity index (χ1) is 8.81. The van der Waals surface area contributed by atoms with Crippen LogP contribution in [-0.2, 0) is 9.59 Å². The zero-order valence-corrected chi connectivity index (χ0v) is 12.4. The smallest absolute Gasteiger partial charge is 0.316 e. The van der Waals surface area contributed by atoms with E-state index in [0.717, 1.165) is 28.6 Å². The summed E-state index contributed by atoms with van der Waals surface area (Å²) in [6, 6.07) is 5.84. The minimum atomic E-state index is -0.906. The van der Waals surface area contributed by atoms with Crippen molar-refractivity contribution >= 4 is 29.3 Å². The van der Waals surface area contributed by atoms with Gasteiger partial charge in [0.15, 0.2) is 0 Å². The number of anilines is 1. The molecule has 0 fully saturated rings. The molecule has 2 atom stereocenters. The molecule has 0 aliphatic rings. The summed E-state index contributed by atoms with van der Waals surface area (Å²) in [5.74, 6) is -1.08. The zero-order chi connectivity index (χ0) is 14.6. The van der Waals surface area contributed by atoms with E-state index in [0.29, 0.717) is 0 Å². The molecule has 0 aliphatic heterocycles. The van der Waals surface area contributed by atoms with Gasteiger partial charge in [0, 0.05) is 5.69 Å². The quantitative estimate of drug-likeness (QED) is 0.871. The second kappa shape index (κ2) is 6.61. The number of benzene rings is 1. The van der Waals surface area contributed by atoms with Crippen LogP contribution < -0.4 is 5.32 Å². The standard InChI is InChI=1S/C14H19NO3S/c1-8-5-6-9(2)12(7-8)15-13(16)10(3)19-11(4)14(17)18/h5-7,10-11H,1-4H3,(H,15,16)(H,17,18). The Morgan fingerprint density at radius 1 is 1.21 bits per heavy atom. The van der Waals surface area contributed by atoms with Gasteiger partial charge in [0.1, 0.15) is 5.25 Å². The Kier molecular flexibility index (Phi) is 5.42. The van der Waals surface area contributed by atoms with Crippen molar-refractivity contribution in [3.05, 3.63) is 29.3 Å². The highest BCUT2D eigenvalue weighted by molar-refractivity contribution is 8.01. The van der Waals surface area contributed by atoms with Crippen LogP contribution >= 0.6 is 11.8 Å². The van der Waals surface area contributed by atoms with E-state index < -0.39 is 16.5 Å². The monoisotopic (exact) mass is 281 g/mol. The van der Waals surface area contributed by atoms with Gasteiger partial charge >= 0.3 is 5.97 Å². The molecule has 5 heteroatoms. The first-order valence-electron chi connectivity index (χ1n) is 6.07.